The van der Waals surface area contributed by atoms with Gasteiger partial charge in [0.1, 0.15) is 5.56 Å². The van der Waals surface area contributed by atoms with Crippen molar-refractivity contribution in [3.63, 3.8) is 0 Å². The molecule has 0 bridgehead atoms. The minimum atomic E-state index is -0.408. The molecule has 0 atom stereocenters. The standard InChI is InChI=1S/C19H32N2O2/c1-2-3-4-5-6-7-8-9-10-11-15-23-17-21-14-12-13-18(16-21)19(20)22/h12-14,16H,2-11,15,17H2,1H3,(H-,20,22)/p+1. The van der Waals surface area contributed by atoms with E-state index in [1.54, 1.807) is 12.3 Å². The van der Waals surface area contributed by atoms with Crippen LogP contribution in [0.4, 0.5) is 0 Å². The first kappa shape index (κ1) is 19.6. The van der Waals surface area contributed by atoms with E-state index in [1.807, 2.05) is 16.8 Å². The van der Waals surface area contributed by atoms with Gasteiger partial charge in [0, 0.05) is 6.07 Å². The monoisotopic (exact) mass is 321 g/mol. The van der Waals surface area contributed by atoms with Crippen molar-refractivity contribution < 1.29 is 14.1 Å². The molecule has 0 aliphatic heterocycles. The van der Waals surface area contributed by atoms with Gasteiger partial charge >= 0.3 is 0 Å². The molecule has 0 radical (unpaired) electrons. The van der Waals surface area contributed by atoms with Crippen LogP contribution in [0, 0.1) is 0 Å². The summed E-state index contributed by atoms with van der Waals surface area (Å²) in [5, 5.41) is 0. The van der Waals surface area contributed by atoms with Gasteiger partial charge in [0.05, 0.1) is 6.61 Å². The smallest absolute Gasteiger partial charge is 0.254 e. The molecule has 0 aliphatic rings. The number of nitrogens with two attached hydrogens (primary N) is 1. The van der Waals surface area contributed by atoms with Crippen LogP contribution in [0.2, 0.25) is 0 Å². The van der Waals surface area contributed by atoms with Gasteiger partial charge in [-0.2, -0.15) is 4.57 Å². The number of carbonyl (C=O) groups is 1. The molecular weight excluding hydrogens is 288 g/mol. The Hall–Kier alpha value is -1.42. The molecule has 0 saturated heterocycles. The Kier molecular flexibility index (Phi) is 11.1. The van der Waals surface area contributed by atoms with E-state index in [0.29, 0.717) is 12.3 Å². The maximum atomic E-state index is 11.1. The van der Waals surface area contributed by atoms with Gasteiger partial charge in [-0.15, -0.1) is 0 Å². The second-order valence-corrected chi connectivity index (χ2v) is 6.19. The molecule has 0 aliphatic carbocycles. The number of amides is 1. The summed E-state index contributed by atoms with van der Waals surface area (Å²) >= 11 is 0. The minimum Gasteiger partial charge on any atom is -0.365 e. The lowest BCUT2D eigenvalue weighted by Crippen LogP contribution is -2.36. The zero-order valence-corrected chi connectivity index (χ0v) is 14.6. The Balaban J connectivity index is 1.93. The summed E-state index contributed by atoms with van der Waals surface area (Å²) in [7, 11) is 0. The van der Waals surface area contributed by atoms with E-state index in [-0.39, 0.29) is 0 Å². The molecule has 130 valence electrons. The Labute approximate surface area is 141 Å². The quantitative estimate of drug-likeness (QED) is 0.416. The summed E-state index contributed by atoms with van der Waals surface area (Å²) < 4.78 is 7.48. The van der Waals surface area contributed by atoms with E-state index in [1.165, 1.54) is 57.8 Å². The Morgan fingerprint density at radius 1 is 1.04 bits per heavy atom. The lowest BCUT2D eigenvalue weighted by molar-refractivity contribution is -0.732. The first-order valence-electron chi connectivity index (χ1n) is 9.10. The van der Waals surface area contributed by atoms with Gasteiger partial charge < -0.3 is 10.5 Å². The van der Waals surface area contributed by atoms with Gasteiger partial charge in [0.2, 0.25) is 0 Å². The number of aromatic nitrogens is 1. The molecule has 1 amide bonds. The summed E-state index contributed by atoms with van der Waals surface area (Å²) in [6.45, 7) is 3.50. The highest BCUT2D eigenvalue weighted by molar-refractivity contribution is 5.92. The van der Waals surface area contributed by atoms with Crippen molar-refractivity contribution in [1.82, 2.24) is 0 Å². The maximum Gasteiger partial charge on any atom is 0.254 e. The third-order valence-corrected chi connectivity index (χ3v) is 4.03. The normalized spacial score (nSPS) is 10.8. The van der Waals surface area contributed by atoms with Crippen LogP contribution in [-0.4, -0.2) is 12.5 Å². The highest BCUT2D eigenvalue weighted by atomic mass is 16.5. The zero-order chi connectivity index (χ0) is 16.8. The predicted molar refractivity (Wildman–Crippen MR) is 93.0 cm³/mol. The molecule has 4 nitrogen and oxygen atoms in total. The number of primary amides is 1. The van der Waals surface area contributed by atoms with Crippen molar-refractivity contribution in [2.24, 2.45) is 5.73 Å². The molecule has 4 heteroatoms. The van der Waals surface area contributed by atoms with Crippen LogP contribution in [0.1, 0.15) is 81.5 Å². The maximum absolute atomic E-state index is 11.1. The zero-order valence-electron chi connectivity index (χ0n) is 14.6. The number of hydrogen-bond donors (Lipinski definition) is 1. The van der Waals surface area contributed by atoms with E-state index < -0.39 is 5.91 Å². The van der Waals surface area contributed by atoms with Crippen LogP contribution in [0.15, 0.2) is 24.5 Å². The van der Waals surface area contributed by atoms with Crippen molar-refractivity contribution in [1.29, 1.82) is 0 Å². The van der Waals surface area contributed by atoms with E-state index in [9.17, 15) is 4.79 Å². The minimum absolute atomic E-state index is 0.408. The van der Waals surface area contributed by atoms with Crippen LogP contribution in [0.25, 0.3) is 0 Å². The lowest BCUT2D eigenvalue weighted by Gasteiger charge is -2.03. The average molecular weight is 321 g/mol. The average Bonchev–Trinajstić information content (AvgIpc) is 2.56. The predicted octanol–water partition coefficient (Wildman–Crippen LogP) is 3.97. The van der Waals surface area contributed by atoms with Crippen LogP contribution in [0.5, 0.6) is 0 Å². The molecule has 0 fully saturated rings. The number of pyridine rings is 1. The lowest BCUT2D eigenvalue weighted by atomic mass is 10.1. The summed E-state index contributed by atoms with van der Waals surface area (Å²) in [4.78, 5) is 11.1. The first-order valence-corrected chi connectivity index (χ1v) is 9.10. The summed E-state index contributed by atoms with van der Waals surface area (Å²) in [6, 6.07) is 3.52. The first-order chi connectivity index (χ1) is 11.2. The Morgan fingerprint density at radius 3 is 2.26 bits per heavy atom. The Morgan fingerprint density at radius 2 is 1.65 bits per heavy atom. The number of rotatable bonds is 14. The topological polar surface area (TPSA) is 56.2 Å². The molecule has 2 N–H and O–H groups in total. The molecule has 1 heterocycles. The van der Waals surface area contributed by atoms with E-state index in [4.69, 9.17) is 10.5 Å². The fourth-order valence-corrected chi connectivity index (χ4v) is 2.61. The largest absolute Gasteiger partial charge is 0.365 e. The number of unbranched alkanes of at least 4 members (excludes halogenated alkanes) is 9. The molecule has 1 aromatic rings. The molecule has 23 heavy (non-hydrogen) atoms. The van der Waals surface area contributed by atoms with Gasteiger partial charge in [0.15, 0.2) is 12.4 Å². The van der Waals surface area contributed by atoms with E-state index >= 15 is 0 Å². The van der Waals surface area contributed by atoms with E-state index in [2.05, 4.69) is 6.92 Å². The van der Waals surface area contributed by atoms with Crippen molar-refractivity contribution in [2.45, 2.75) is 77.9 Å². The van der Waals surface area contributed by atoms with Crippen LogP contribution >= 0.6 is 0 Å². The van der Waals surface area contributed by atoms with Crippen LogP contribution in [0.3, 0.4) is 0 Å². The summed E-state index contributed by atoms with van der Waals surface area (Å²) in [5.41, 5.74) is 5.77. The van der Waals surface area contributed by atoms with Gasteiger partial charge in [-0.1, -0.05) is 64.7 Å². The third-order valence-electron chi connectivity index (χ3n) is 4.03. The van der Waals surface area contributed by atoms with Crippen molar-refractivity contribution in [3.8, 4) is 0 Å². The fraction of sp³-hybridized carbons (Fsp3) is 0.684. The number of nitrogens with zero attached hydrogens (tertiary/aromatic N) is 1. The molecule has 0 spiro atoms. The van der Waals surface area contributed by atoms with Gasteiger partial charge in [-0.3, -0.25) is 4.79 Å². The summed E-state index contributed by atoms with van der Waals surface area (Å²) in [6.07, 6.45) is 16.9. The third kappa shape index (κ3) is 10.1. The fourth-order valence-electron chi connectivity index (χ4n) is 2.61. The second kappa shape index (κ2) is 13.1. The molecule has 0 saturated carbocycles. The van der Waals surface area contributed by atoms with Crippen LogP contribution in [-0.2, 0) is 11.5 Å². The highest BCUT2D eigenvalue weighted by Crippen LogP contribution is 2.10. The summed E-state index contributed by atoms with van der Waals surface area (Å²) in [5.74, 6) is -0.408. The molecule has 0 unspecified atom stereocenters. The van der Waals surface area contributed by atoms with Gasteiger partial charge in [0.25, 0.3) is 12.6 Å². The SMILES string of the molecule is CCCCCCCCCCCCOC[n+]1cccc(C(N)=O)c1. The Bertz CT molecular complexity index is 435. The van der Waals surface area contributed by atoms with E-state index in [0.717, 1.165) is 13.0 Å². The molecule has 0 aromatic carbocycles. The molecular formula is C19H33N2O2+. The van der Waals surface area contributed by atoms with Crippen molar-refractivity contribution >= 4 is 5.91 Å². The van der Waals surface area contributed by atoms with Crippen molar-refractivity contribution in [3.05, 3.63) is 30.1 Å². The van der Waals surface area contributed by atoms with Crippen molar-refractivity contribution in [2.75, 3.05) is 6.61 Å². The number of ether oxygens (including phenoxy) is 1. The second-order valence-electron chi connectivity index (χ2n) is 6.19. The van der Waals surface area contributed by atoms with Gasteiger partial charge in [-0.25, -0.2) is 0 Å². The highest BCUT2D eigenvalue weighted by Gasteiger charge is 2.06. The number of carbonyl (C=O) groups excluding carboxylic acids is 1. The molecule has 1 rings (SSSR count). The molecule has 1 aromatic heterocycles. The number of hydrogen-bond acceptors (Lipinski definition) is 2. The van der Waals surface area contributed by atoms with Gasteiger partial charge in [-0.05, 0) is 12.5 Å². The van der Waals surface area contributed by atoms with Crippen LogP contribution < -0.4 is 10.3 Å².